The number of hydrogen-bond donors (Lipinski definition) is 0. The van der Waals surface area contributed by atoms with Gasteiger partial charge in [0.05, 0.1) is 19.6 Å². The van der Waals surface area contributed by atoms with Crippen molar-refractivity contribution < 1.29 is 24.0 Å². The van der Waals surface area contributed by atoms with Crippen LogP contribution in [0.2, 0.25) is 0 Å². The lowest BCUT2D eigenvalue weighted by Crippen LogP contribution is -3.00. The molecule has 1 rings (SSSR count). The molecule has 26 heavy (non-hydrogen) atoms. The summed E-state index contributed by atoms with van der Waals surface area (Å²) in [5, 5.41) is 0. The van der Waals surface area contributed by atoms with E-state index in [1.54, 1.807) is 5.69 Å². The molecule has 0 saturated heterocycles. The molecular weight excluding hydrogens is 429 g/mol. The highest BCUT2D eigenvalue weighted by molar-refractivity contribution is 5.42. The first-order valence-corrected chi connectivity index (χ1v) is 11.2. The van der Waals surface area contributed by atoms with Gasteiger partial charge < -0.3 is 24.0 Å². The fourth-order valence-electron chi connectivity index (χ4n) is 3.99. The smallest absolute Gasteiger partial charge is 0.132 e. The number of hydrogen-bond acceptors (Lipinski definition) is 0. The van der Waals surface area contributed by atoms with Crippen molar-refractivity contribution in [2.45, 2.75) is 97.8 Å². The van der Waals surface area contributed by atoms with Crippen LogP contribution in [0.5, 0.6) is 0 Å². The van der Waals surface area contributed by atoms with Crippen molar-refractivity contribution in [1.82, 2.24) is 4.48 Å². The summed E-state index contributed by atoms with van der Waals surface area (Å²) < 4.78 is 1.23. The molecule has 1 aromatic carbocycles. The molecule has 0 unspecified atom stereocenters. The molecule has 0 aromatic heterocycles. The number of halogens is 1. The second-order valence-corrected chi connectivity index (χ2v) is 7.83. The summed E-state index contributed by atoms with van der Waals surface area (Å²) >= 11 is 0. The Kier molecular flexibility index (Phi) is 17.0. The zero-order valence-electron chi connectivity index (χ0n) is 17.8. The van der Waals surface area contributed by atoms with E-state index < -0.39 is 0 Å². The summed E-state index contributed by atoms with van der Waals surface area (Å²) in [6.07, 6.45) is 16.5. The molecule has 0 saturated carbocycles. The Morgan fingerprint density at radius 1 is 0.538 bits per heavy atom. The molecule has 152 valence electrons. The summed E-state index contributed by atoms with van der Waals surface area (Å²) in [6.45, 7) is 10.9. The van der Waals surface area contributed by atoms with Gasteiger partial charge in [0.15, 0.2) is 0 Å². The second kappa shape index (κ2) is 17.0. The van der Waals surface area contributed by atoms with Crippen LogP contribution in [0.3, 0.4) is 0 Å². The molecule has 0 heterocycles. The summed E-state index contributed by atoms with van der Waals surface area (Å²) in [4.78, 5) is 0. The van der Waals surface area contributed by atoms with E-state index >= 15 is 0 Å². The van der Waals surface area contributed by atoms with Gasteiger partial charge in [-0.05, 0) is 50.7 Å². The molecule has 0 fully saturated rings. The second-order valence-electron chi connectivity index (χ2n) is 7.83. The van der Waals surface area contributed by atoms with E-state index in [9.17, 15) is 0 Å². The van der Waals surface area contributed by atoms with Gasteiger partial charge in [0.2, 0.25) is 0 Å². The third kappa shape index (κ3) is 10.3. The van der Waals surface area contributed by atoms with E-state index in [1.165, 1.54) is 101 Å². The van der Waals surface area contributed by atoms with Crippen LogP contribution < -0.4 is 28.5 Å². The quantitative estimate of drug-likeness (QED) is 0.185. The van der Waals surface area contributed by atoms with E-state index in [2.05, 4.69) is 51.1 Å². The molecule has 0 bridgehead atoms. The summed E-state index contributed by atoms with van der Waals surface area (Å²) in [6, 6.07) is 11.4. The van der Waals surface area contributed by atoms with Crippen LogP contribution >= 0.6 is 0 Å². The maximum atomic E-state index is 2.39. The molecule has 0 amide bonds. The van der Waals surface area contributed by atoms with Gasteiger partial charge in [0.1, 0.15) is 5.69 Å². The largest absolute Gasteiger partial charge is 1.00 e. The van der Waals surface area contributed by atoms with Crippen molar-refractivity contribution in [2.75, 3.05) is 19.6 Å². The minimum absolute atomic E-state index is 0. The summed E-state index contributed by atoms with van der Waals surface area (Å²) in [7, 11) is 0. The highest BCUT2D eigenvalue weighted by atomic mass is 127. The molecular formula is C24H44IN. The predicted molar refractivity (Wildman–Crippen MR) is 115 cm³/mol. The number of benzene rings is 1. The van der Waals surface area contributed by atoms with Crippen LogP contribution in [-0.4, -0.2) is 19.6 Å². The van der Waals surface area contributed by atoms with Crippen LogP contribution in [0, 0.1) is 0 Å². The molecule has 0 aliphatic rings. The van der Waals surface area contributed by atoms with Gasteiger partial charge in [-0.1, -0.05) is 77.5 Å². The van der Waals surface area contributed by atoms with Crippen LogP contribution in [0.4, 0.5) is 5.69 Å². The number of unbranched alkanes of at least 4 members (excludes halogenated alkanes) is 9. The SMILES string of the molecule is CCCCCC[N+](CCCCCC)(CCCCCC)c1ccccc1.[I-]. The zero-order chi connectivity index (χ0) is 18.2. The van der Waals surface area contributed by atoms with E-state index in [0.717, 1.165) is 0 Å². The van der Waals surface area contributed by atoms with Gasteiger partial charge in [-0.2, -0.15) is 0 Å². The minimum Gasteiger partial charge on any atom is -1.00 e. The molecule has 1 nitrogen and oxygen atoms in total. The third-order valence-corrected chi connectivity index (χ3v) is 5.62. The average Bonchev–Trinajstić information content (AvgIpc) is 2.66. The molecule has 0 radical (unpaired) electrons. The van der Waals surface area contributed by atoms with Crippen molar-refractivity contribution in [2.24, 2.45) is 0 Å². The number of nitrogens with zero attached hydrogens (tertiary/aromatic N) is 1. The van der Waals surface area contributed by atoms with Crippen LogP contribution in [0.1, 0.15) is 97.8 Å². The molecule has 2 heteroatoms. The van der Waals surface area contributed by atoms with Crippen LogP contribution in [-0.2, 0) is 0 Å². The van der Waals surface area contributed by atoms with Gasteiger partial charge in [-0.15, -0.1) is 0 Å². The first-order chi connectivity index (χ1) is 12.3. The van der Waals surface area contributed by atoms with Gasteiger partial charge in [-0.25, -0.2) is 0 Å². The fraction of sp³-hybridized carbons (Fsp3) is 0.750. The van der Waals surface area contributed by atoms with Crippen molar-refractivity contribution in [3.8, 4) is 0 Å². The molecule has 1 aromatic rings. The van der Waals surface area contributed by atoms with Gasteiger partial charge in [-0.3, -0.25) is 4.48 Å². The van der Waals surface area contributed by atoms with Gasteiger partial charge in [0.25, 0.3) is 0 Å². The first kappa shape index (κ1) is 25.9. The van der Waals surface area contributed by atoms with Crippen molar-refractivity contribution in [3.63, 3.8) is 0 Å². The maximum Gasteiger partial charge on any atom is 0.132 e. The minimum atomic E-state index is 0. The number of quaternary nitrogens is 1. The molecule has 0 N–H and O–H groups in total. The van der Waals surface area contributed by atoms with Crippen molar-refractivity contribution >= 4 is 5.69 Å². The zero-order valence-corrected chi connectivity index (χ0v) is 20.0. The Morgan fingerprint density at radius 2 is 0.923 bits per heavy atom. The first-order valence-electron chi connectivity index (χ1n) is 11.2. The lowest BCUT2D eigenvalue weighted by molar-refractivity contribution is -0.00000552. The molecule has 0 atom stereocenters. The Balaban J connectivity index is 0.00000625. The number of para-hydroxylation sites is 1. The van der Waals surface area contributed by atoms with Crippen LogP contribution in [0.25, 0.3) is 0 Å². The third-order valence-electron chi connectivity index (χ3n) is 5.62. The monoisotopic (exact) mass is 473 g/mol. The van der Waals surface area contributed by atoms with Crippen molar-refractivity contribution in [1.29, 1.82) is 0 Å². The molecule has 0 spiro atoms. The highest BCUT2D eigenvalue weighted by Gasteiger charge is 2.28. The van der Waals surface area contributed by atoms with Gasteiger partial charge in [0, 0.05) is 0 Å². The molecule has 0 aliphatic carbocycles. The van der Waals surface area contributed by atoms with E-state index in [0.29, 0.717) is 0 Å². The topological polar surface area (TPSA) is 0 Å². The Morgan fingerprint density at radius 3 is 1.27 bits per heavy atom. The number of rotatable bonds is 16. The van der Waals surface area contributed by atoms with E-state index in [4.69, 9.17) is 0 Å². The fourth-order valence-corrected chi connectivity index (χ4v) is 3.99. The summed E-state index contributed by atoms with van der Waals surface area (Å²) in [5.74, 6) is 0. The Hall–Kier alpha value is -0.0900. The standard InChI is InChI=1S/C24H44N.HI/c1-4-7-10-16-21-25(22-17-11-8-5-2,23-18-12-9-6-3)24-19-14-13-15-20-24;/h13-15,19-20H,4-12,16-18,21-23H2,1-3H3;1H/q+1;/p-1. The molecule has 0 aliphatic heterocycles. The van der Waals surface area contributed by atoms with Crippen molar-refractivity contribution in [3.05, 3.63) is 30.3 Å². The average molecular weight is 474 g/mol. The normalized spacial score (nSPS) is 11.3. The maximum absolute atomic E-state index is 2.39. The van der Waals surface area contributed by atoms with Crippen LogP contribution in [0.15, 0.2) is 30.3 Å². The highest BCUT2D eigenvalue weighted by Crippen LogP contribution is 2.27. The lowest BCUT2D eigenvalue weighted by Gasteiger charge is -2.39. The van der Waals surface area contributed by atoms with E-state index in [1.807, 2.05) is 0 Å². The lowest BCUT2D eigenvalue weighted by atomic mass is 10.1. The van der Waals surface area contributed by atoms with E-state index in [-0.39, 0.29) is 24.0 Å². The Labute approximate surface area is 181 Å². The Bertz CT molecular complexity index is 373. The predicted octanol–water partition coefficient (Wildman–Crippen LogP) is 4.74. The van der Waals surface area contributed by atoms with Gasteiger partial charge >= 0.3 is 0 Å². The summed E-state index contributed by atoms with van der Waals surface area (Å²) in [5.41, 5.74) is 1.56.